The van der Waals surface area contributed by atoms with Crippen molar-refractivity contribution in [2.24, 2.45) is 5.84 Å². The fraction of sp³-hybridized carbons (Fsp3) is 0.308. The van der Waals surface area contributed by atoms with E-state index in [0.717, 1.165) is 12.1 Å². The van der Waals surface area contributed by atoms with Crippen LogP contribution in [0.4, 0.5) is 0 Å². The highest BCUT2D eigenvalue weighted by Gasteiger charge is 2.12. The number of hydrogen-bond acceptors (Lipinski definition) is 4. The predicted octanol–water partition coefficient (Wildman–Crippen LogP) is 2.51. The van der Waals surface area contributed by atoms with Crippen molar-refractivity contribution in [2.45, 2.75) is 26.3 Å². The van der Waals surface area contributed by atoms with E-state index in [-0.39, 0.29) is 6.04 Å². The van der Waals surface area contributed by atoms with Gasteiger partial charge in [-0.15, -0.1) is 11.3 Å². The van der Waals surface area contributed by atoms with E-state index in [1.54, 1.807) is 11.3 Å². The Bertz CT molecular complexity index is 479. The molecule has 4 heteroatoms. The molecule has 1 atom stereocenters. The molecule has 0 fully saturated rings. The van der Waals surface area contributed by atoms with Crippen LogP contribution in [0.3, 0.4) is 0 Å². The first-order valence-corrected chi connectivity index (χ1v) is 6.55. The summed E-state index contributed by atoms with van der Waals surface area (Å²) in [6.45, 7) is 4.25. The van der Waals surface area contributed by atoms with Crippen LogP contribution >= 0.6 is 11.3 Å². The molecule has 0 saturated heterocycles. The van der Waals surface area contributed by atoms with Gasteiger partial charge in [-0.05, 0) is 37.0 Å². The molecule has 0 amide bonds. The quantitative estimate of drug-likeness (QED) is 0.644. The zero-order valence-corrected chi connectivity index (χ0v) is 10.9. The number of nitrogens with one attached hydrogen (secondary N) is 1. The van der Waals surface area contributed by atoms with E-state index in [0.29, 0.717) is 0 Å². The second-order valence-electron chi connectivity index (χ2n) is 4.26. The standard InChI is InChI=1S/C13H17N3S/c1-9-3-4-11(5-10(9)2)6-12(16-14)13-7-17-8-15-13/h3-5,7-8,12,16H,6,14H2,1-2H3. The Balaban J connectivity index is 2.16. The lowest BCUT2D eigenvalue weighted by atomic mass is 10.00. The van der Waals surface area contributed by atoms with Crippen LogP contribution in [0, 0.1) is 13.8 Å². The molecule has 0 spiro atoms. The Labute approximate surface area is 106 Å². The van der Waals surface area contributed by atoms with Crippen LogP contribution in [0.25, 0.3) is 0 Å². The van der Waals surface area contributed by atoms with E-state index >= 15 is 0 Å². The maximum Gasteiger partial charge on any atom is 0.0795 e. The van der Waals surface area contributed by atoms with Gasteiger partial charge in [-0.3, -0.25) is 11.3 Å². The maximum atomic E-state index is 5.59. The Morgan fingerprint density at radius 2 is 2.18 bits per heavy atom. The van der Waals surface area contributed by atoms with Crippen molar-refractivity contribution in [3.63, 3.8) is 0 Å². The van der Waals surface area contributed by atoms with Crippen LogP contribution in [-0.4, -0.2) is 4.98 Å². The van der Waals surface area contributed by atoms with E-state index in [9.17, 15) is 0 Å². The van der Waals surface area contributed by atoms with Gasteiger partial charge >= 0.3 is 0 Å². The molecule has 0 aliphatic rings. The van der Waals surface area contributed by atoms with Gasteiger partial charge in [0.1, 0.15) is 0 Å². The summed E-state index contributed by atoms with van der Waals surface area (Å²) in [6.07, 6.45) is 0.862. The number of aryl methyl sites for hydroxylation is 2. The van der Waals surface area contributed by atoms with Crippen molar-refractivity contribution in [1.82, 2.24) is 10.4 Å². The minimum Gasteiger partial charge on any atom is -0.271 e. The summed E-state index contributed by atoms with van der Waals surface area (Å²) in [6, 6.07) is 6.60. The molecule has 3 N–H and O–H groups in total. The maximum absolute atomic E-state index is 5.59. The lowest BCUT2D eigenvalue weighted by Crippen LogP contribution is -2.29. The summed E-state index contributed by atoms with van der Waals surface area (Å²) >= 11 is 1.59. The van der Waals surface area contributed by atoms with Crippen LogP contribution in [0.2, 0.25) is 0 Å². The van der Waals surface area contributed by atoms with E-state index in [1.165, 1.54) is 16.7 Å². The predicted molar refractivity (Wildman–Crippen MR) is 71.8 cm³/mol. The van der Waals surface area contributed by atoms with E-state index in [4.69, 9.17) is 5.84 Å². The van der Waals surface area contributed by atoms with Gasteiger partial charge in [0.25, 0.3) is 0 Å². The third-order valence-electron chi connectivity index (χ3n) is 3.02. The van der Waals surface area contributed by atoms with Gasteiger partial charge in [0.05, 0.1) is 17.2 Å². The van der Waals surface area contributed by atoms with Crippen LogP contribution in [0.1, 0.15) is 28.4 Å². The minimum atomic E-state index is 0.0864. The van der Waals surface area contributed by atoms with Gasteiger partial charge in [0.15, 0.2) is 0 Å². The van der Waals surface area contributed by atoms with E-state index in [2.05, 4.69) is 42.5 Å². The van der Waals surface area contributed by atoms with Crippen molar-refractivity contribution in [3.05, 3.63) is 51.5 Å². The lowest BCUT2D eigenvalue weighted by molar-refractivity contribution is 0.541. The Morgan fingerprint density at radius 1 is 1.35 bits per heavy atom. The second-order valence-corrected chi connectivity index (χ2v) is 4.97. The molecule has 1 aromatic carbocycles. The van der Waals surface area contributed by atoms with Crippen LogP contribution < -0.4 is 11.3 Å². The number of thiazole rings is 1. The molecule has 1 heterocycles. The lowest BCUT2D eigenvalue weighted by Gasteiger charge is -2.14. The van der Waals surface area contributed by atoms with Gasteiger partial charge in [0, 0.05) is 5.38 Å². The molecule has 2 aromatic rings. The number of nitrogens with zero attached hydrogens (tertiary/aromatic N) is 1. The first-order valence-electron chi connectivity index (χ1n) is 5.61. The summed E-state index contributed by atoms with van der Waals surface area (Å²) < 4.78 is 0. The normalized spacial score (nSPS) is 12.6. The Hall–Kier alpha value is -1.23. The molecule has 3 nitrogen and oxygen atoms in total. The highest BCUT2D eigenvalue weighted by Crippen LogP contribution is 2.19. The Morgan fingerprint density at radius 3 is 2.76 bits per heavy atom. The van der Waals surface area contributed by atoms with Gasteiger partial charge in [-0.25, -0.2) is 4.98 Å². The molecule has 0 radical (unpaired) electrons. The number of hydrogen-bond donors (Lipinski definition) is 2. The smallest absolute Gasteiger partial charge is 0.0795 e. The monoisotopic (exact) mass is 247 g/mol. The van der Waals surface area contributed by atoms with Gasteiger partial charge < -0.3 is 0 Å². The third kappa shape index (κ3) is 2.91. The van der Waals surface area contributed by atoms with Gasteiger partial charge in [0.2, 0.25) is 0 Å². The van der Waals surface area contributed by atoms with Crippen LogP contribution in [0.15, 0.2) is 29.1 Å². The molecule has 2 rings (SSSR count). The first-order chi connectivity index (χ1) is 8.20. The van der Waals surface area contributed by atoms with Crippen molar-refractivity contribution < 1.29 is 0 Å². The number of nitrogens with two attached hydrogens (primary N) is 1. The molecule has 0 aliphatic heterocycles. The fourth-order valence-corrected chi connectivity index (χ4v) is 2.42. The first kappa shape index (κ1) is 12.2. The summed E-state index contributed by atoms with van der Waals surface area (Å²) in [7, 11) is 0. The molecule has 0 saturated carbocycles. The summed E-state index contributed by atoms with van der Waals surface area (Å²) in [5, 5.41) is 2.03. The zero-order chi connectivity index (χ0) is 12.3. The van der Waals surface area contributed by atoms with Crippen molar-refractivity contribution in [1.29, 1.82) is 0 Å². The van der Waals surface area contributed by atoms with E-state index < -0.39 is 0 Å². The summed E-state index contributed by atoms with van der Waals surface area (Å²) in [5.74, 6) is 5.59. The summed E-state index contributed by atoms with van der Waals surface area (Å²) in [4.78, 5) is 4.30. The molecule has 0 bridgehead atoms. The highest BCUT2D eigenvalue weighted by molar-refractivity contribution is 7.07. The SMILES string of the molecule is Cc1ccc(CC(NN)c2cscn2)cc1C. The molecule has 17 heavy (non-hydrogen) atoms. The second kappa shape index (κ2) is 5.40. The van der Waals surface area contributed by atoms with Crippen molar-refractivity contribution in [2.75, 3.05) is 0 Å². The molecule has 90 valence electrons. The molecular formula is C13H17N3S. The van der Waals surface area contributed by atoms with Gasteiger partial charge in [-0.2, -0.15) is 0 Å². The number of aromatic nitrogens is 1. The molecule has 1 unspecified atom stereocenters. The zero-order valence-electron chi connectivity index (χ0n) is 10.1. The fourth-order valence-electron chi connectivity index (χ4n) is 1.81. The average molecular weight is 247 g/mol. The van der Waals surface area contributed by atoms with Gasteiger partial charge in [-0.1, -0.05) is 18.2 Å². The van der Waals surface area contributed by atoms with Crippen molar-refractivity contribution in [3.8, 4) is 0 Å². The third-order valence-corrected chi connectivity index (χ3v) is 3.63. The number of rotatable bonds is 4. The average Bonchev–Trinajstić information content (AvgIpc) is 2.84. The van der Waals surface area contributed by atoms with Crippen molar-refractivity contribution >= 4 is 11.3 Å². The van der Waals surface area contributed by atoms with E-state index in [1.807, 2.05) is 10.9 Å². The number of benzene rings is 1. The topological polar surface area (TPSA) is 50.9 Å². The highest BCUT2D eigenvalue weighted by atomic mass is 32.1. The number of hydrazine groups is 1. The molecular weight excluding hydrogens is 230 g/mol. The minimum absolute atomic E-state index is 0.0864. The largest absolute Gasteiger partial charge is 0.271 e. The molecule has 0 aliphatic carbocycles. The summed E-state index contributed by atoms with van der Waals surface area (Å²) in [5.41, 5.74) is 9.59. The van der Waals surface area contributed by atoms with Crippen LogP contribution in [-0.2, 0) is 6.42 Å². The molecule has 1 aromatic heterocycles. The Kier molecular flexibility index (Phi) is 3.89. The van der Waals surface area contributed by atoms with Crippen LogP contribution in [0.5, 0.6) is 0 Å².